The molecule has 144 valence electrons. The number of nitrogens with one attached hydrogen (secondary N) is 1. The van der Waals surface area contributed by atoms with Crippen LogP contribution in [0, 0.1) is 11.7 Å². The molecule has 2 aromatic rings. The molecule has 1 aromatic carbocycles. The summed E-state index contributed by atoms with van der Waals surface area (Å²) >= 11 is 1.02. The lowest BCUT2D eigenvalue weighted by molar-refractivity contribution is 0.100. The van der Waals surface area contributed by atoms with Crippen molar-refractivity contribution < 1.29 is 18.2 Å². The number of benzene rings is 1. The van der Waals surface area contributed by atoms with Crippen molar-refractivity contribution in [3.8, 4) is 0 Å². The SMILES string of the molecule is CC1CCN(S(=O)c2cc(C(N)=O)c(NC(=O)c3ccccc3F)s2)CC1. The largest absolute Gasteiger partial charge is 0.366 e. The van der Waals surface area contributed by atoms with Gasteiger partial charge < -0.3 is 11.1 Å². The van der Waals surface area contributed by atoms with Crippen LogP contribution in [-0.2, 0) is 11.0 Å². The zero-order valence-corrected chi connectivity index (χ0v) is 16.4. The highest BCUT2D eigenvalue weighted by Gasteiger charge is 2.26. The van der Waals surface area contributed by atoms with E-state index in [4.69, 9.17) is 5.73 Å². The Hall–Kier alpha value is -2.10. The first-order valence-electron chi connectivity index (χ1n) is 8.53. The average Bonchev–Trinajstić information content (AvgIpc) is 3.06. The molecule has 1 atom stereocenters. The third-order valence-electron chi connectivity index (χ3n) is 4.47. The lowest BCUT2D eigenvalue weighted by Gasteiger charge is -2.28. The molecule has 0 aliphatic carbocycles. The van der Waals surface area contributed by atoms with Gasteiger partial charge in [-0.25, -0.2) is 12.9 Å². The molecular weight excluding hydrogens is 389 g/mol. The normalized spacial score (nSPS) is 16.8. The maximum absolute atomic E-state index is 13.8. The van der Waals surface area contributed by atoms with Crippen LogP contribution in [0.4, 0.5) is 9.39 Å². The maximum Gasteiger partial charge on any atom is 0.259 e. The zero-order valence-electron chi connectivity index (χ0n) is 14.7. The minimum atomic E-state index is -1.44. The van der Waals surface area contributed by atoms with Crippen molar-refractivity contribution in [1.82, 2.24) is 4.31 Å². The topological polar surface area (TPSA) is 92.5 Å². The predicted molar refractivity (Wildman–Crippen MR) is 104 cm³/mol. The van der Waals surface area contributed by atoms with E-state index >= 15 is 0 Å². The molecule has 0 radical (unpaired) electrons. The minimum Gasteiger partial charge on any atom is -0.366 e. The number of amides is 2. The highest BCUT2D eigenvalue weighted by atomic mass is 32.2. The van der Waals surface area contributed by atoms with Crippen LogP contribution in [0.5, 0.6) is 0 Å². The molecule has 3 N–H and O–H groups in total. The monoisotopic (exact) mass is 409 g/mol. The van der Waals surface area contributed by atoms with Crippen LogP contribution in [0.15, 0.2) is 34.5 Å². The molecule has 0 bridgehead atoms. The smallest absolute Gasteiger partial charge is 0.259 e. The van der Waals surface area contributed by atoms with Gasteiger partial charge in [-0.3, -0.25) is 9.59 Å². The Morgan fingerprint density at radius 3 is 2.56 bits per heavy atom. The summed E-state index contributed by atoms with van der Waals surface area (Å²) in [4.78, 5) is 24.1. The fraction of sp³-hybridized carbons (Fsp3) is 0.333. The van der Waals surface area contributed by atoms with Crippen molar-refractivity contribution in [1.29, 1.82) is 0 Å². The van der Waals surface area contributed by atoms with Gasteiger partial charge in [0.05, 0.1) is 11.1 Å². The van der Waals surface area contributed by atoms with Gasteiger partial charge in [-0.2, -0.15) is 0 Å². The maximum atomic E-state index is 13.8. The number of hydrogen-bond acceptors (Lipinski definition) is 4. The lowest BCUT2D eigenvalue weighted by atomic mass is 10.0. The zero-order chi connectivity index (χ0) is 19.6. The lowest BCUT2D eigenvalue weighted by Crippen LogP contribution is -2.34. The molecule has 1 saturated heterocycles. The van der Waals surface area contributed by atoms with Crippen LogP contribution in [0.2, 0.25) is 0 Å². The number of anilines is 1. The van der Waals surface area contributed by atoms with Gasteiger partial charge in [-0.15, -0.1) is 11.3 Å². The van der Waals surface area contributed by atoms with E-state index in [2.05, 4.69) is 12.2 Å². The molecule has 2 heterocycles. The third-order valence-corrected chi connectivity index (χ3v) is 7.29. The molecule has 1 aliphatic rings. The summed E-state index contributed by atoms with van der Waals surface area (Å²) in [6, 6.07) is 6.98. The van der Waals surface area contributed by atoms with E-state index in [1.807, 2.05) is 4.31 Å². The van der Waals surface area contributed by atoms with Gasteiger partial charge in [0.2, 0.25) is 0 Å². The number of rotatable bonds is 5. The highest BCUT2D eigenvalue weighted by Crippen LogP contribution is 2.33. The van der Waals surface area contributed by atoms with Crippen molar-refractivity contribution in [2.45, 2.75) is 24.0 Å². The number of nitrogens with zero attached hydrogens (tertiary/aromatic N) is 1. The van der Waals surface area contributed by atoms with Crippen molar-refractivity contribution in [2.75, 3.05) is 18.4 Å². The molecular formula is C18H20FN3O3S2. The summed E-state index contributed by atoms with van der Waals surface area (Å²) in [6.45, 7) is 3.57. The van der Waals surface area contributed by atoms with Gasteiger partial charge in [0, 0.05) is 13.1 Å². The van der Waals surface area contributed by atoms with Crippen molar-refractivity contribution in [3.63, 3.8) is 0 Å². The summed E-state index contributed by atoms with van der Waals surface area (Å²) in [6.07, 6.45) is 1.91. The van der Waals surface area contributed by atoms with Crippen LogP contribution in [0.3, 0.4) is 0 Å². The van der Waals surface area contributed by atoms with Crippen LogP contribution in [0.1, 0.15) is 40.5 Å². The molecule has 1 aromatic heterocycles. The van der Waals surface area contributed by atoms with E-state index < -0.39 is 28.6 Å². The number of carbonyl (C=O) groups excluding carboxylic acids is 2. The third kappa shape index (κ3) is 4.42. The second kappa shape index (κ2) is 8.28. The standard InChI is InChI=1S/C18H20FN3O3S2/c1-11-6-8-22(9-7-11)27(25)15-10-13(16(20)23)18(26-15)21-17(24)12-4-2-3-5-14(12)19/h2-5,10-11H,6-9H2,1H3,(H2,20,23)(H,21,24). The first kappa shape index (κ1) is 19.7. The van der Waals surface area contributed by atoms with E-state index in [-0.39, 0.29) is 16.1 Å². The Balaban J connectivity index is 1.83. The van der Waals surface area contributed by atoms with Gasteiger partial charge in [-0.1, -0.05) is 19.1 Å². The van der Waals surface area contributed by atoms with Gasteiger partial charge >= 0.3 is 0 Å². The molecule has 6 nitrogen and oxygen atoms in total. The number of halogens is 1. The molecule has 1 aliphatic heterocycles. The molecule has 3 rings (SSSR count). The molecule has 2 amide bonds. The van der Waals surface area contributed by atoms with E-state index in [1.54, 1.807) is 6.07 Å². The Bertz CT molecular complexity index is 892. The second-order valence-electron chi connectivity index (χ2n) is 6.47. The molecule has 0 spiro atoms. The fourth-order valence-electron chi connectivity index (χ4n) is 2.82. The molecule has 9 heteroatoms. The van der Waals surface area contributed by atoms with E-state index in [9.17, 15) is 18.2 Å². The summed E-state index contributed by atoms with van der Waals surface area (Å²) < 4.78 is 28.9. The van der Waals surface area contributed by atoms with Gasteiger partial charge in [-0.05, 0) is 37.0 Å². The van der Waals surface area contributed by atoms with Crippen LogP contribution >= 0.6 is 11.3 Å². The van der Waals surface area contributed by atoms with Gasteiger partial charge in [0.25, 0.3) is 11.8 Å². The van der Waals surface area contributed by atoms with Crippen molar-refractivity contribution >= 4 is 39.1 Å². The first-order valence-corrected chi connectivity index (χ1v) is 10.5. The Labute approximate surface area is 163 Å². The first-order chi connectivity index (χ1) is 12.9. The van der Waals surface area contributed by atoms with Crippen molar-refractivity contribution in [3.05, 3.63) is 47.3 Å². The summed E-state index contributed by atoms with van der Waals surface area (Å²) in [5, 5.41) is 2.69. The molecule has 1 fully saturated rings. The number of thiophene rings is 1. The number of hydrogen-bond donors (Lipinski definition) is 2. The number of carbonyl (C=O) groups is 2. The summed E-state index contributed by atoms with van der Waals surface area (Å²) in [5.74, 6) is -1.51. The van der Waals surface area contributed by atoms with E-state index in [0.717, 1.165) is 24.2 Å². The Morgan fingerprint density at radius 2 is 1.93 bits per heavy atom. The van der Waals surface area contributed by atoms with Crippen LogP contribution < -0.4 is 11.1 Å². The summed E-state index contributed by atoms with van der Waals surface area (Å²) in [5.41, 5.74) is 5.32. The number of nitrogens with two attached hydrogens (primary N) is 1. The molecule has 0 saturated carbocycles. The van der Waals surface area contributed by atoms with Crippen LogP contribution in [0.25, 0.3) is 0 Å². The van der Waals surface area contributed by atoms with Crippen molar-refractivity contribution in [2.24, 2.45) is 11.7 Å². The molecule has 27 heavy (non-hydrogen) atoms. The van der Waals surface area contributed by atoms with Crippen LogP contribution in [-0.4, -0.2) is 33.4 Å². The van der Waals surface area contributed by atoms with Gasteiger partial charge in [0.15, 0.2) is 0 Å². The Kier molecular flexibility index (Phi) is 6.03. The van der Waals surface area contributed by atoms with E-state index in [0.29, 0.717) is 23.2 Å². The highest BCUT2D eigenvalue weighted by molar-refractivity contribution is 7.85. The predicted octanol–water partition coefficient (Wildman–Crippen LogP) is 2.99. The average molecular weight is 410 g/mol. The fourth-order valence-corrected chi connectivity index (χ4v) is 5.48. The number of piperidine rings is 1. The molecule has 1 unspecified atom stereocenters. The second-order valence-corrected chi connectivity index (χ2v) is 9.23. The number of primary amides is 1. The quantitative estimate of drug-likeness (QED) is 0.795. The van der Waals surface area contributed by atoms with E-state index in [1.165, 1.54) is 24.3 Å². The van der Waals surface area contributed by atoms with Gasteiger partial charge in [0.1, 0.15) is 26.0 Å². The summed E-state index contributed by atoms with van der Waals surface area (Å²) in [7, 11) is -1.44. The Morgan fingerprint density at radius 1 is 1.26 bits per heavy atom. The minimum absolute atomic E-state index is 0.0680.